The number of nitrogens with zero attached hydrogens (tertiary/aromatic N) is 1. The Labute approximate surface area is 188 Å². The molecule has 0 radical (unpaired) electrons. The minimum Gasteiger partial charge on any atom is -0.412 e. The van der Waals surface area contributed by atoms with Crippen LogP contribution >= 0.6 is 36.4 Å². The van der Waals surface area contributed by atoms with Gasteiger partial charge < -0.3 is 26.5 Å². The fourth-order valence-electron chi connectivity index (χ4n) is 3.32. The van der Waals surface area contributed by atoms with Gasteiger partial charge in [-0.2, -0.15) is 0 Å². The third kappa shape index (κ3) is 7.03. The number of para-hydroxylation sites is 1. The smallest absolute Gasteiger partial charge is 0.253 e. The molecule has 162 valence electrons. The number of carbonyl (C=O) groups is 1. The lowest BCUT2D eigenvalue weighted by molar-refractivity contribution is -0.0255. The quantitative estimate of drug-likeness (QED) is 0.591. The van der Waals surface area contributed by atoms with Crippen molar-refractivity contribution in [3.05, 3.63) is 64.7 Å². The van der Waals surface area contributed by atoms with Gasteiger partial charge in [-0.3, -0.25) is 4.79 Å². The summed E-state index contributed by atoms with van der Waals surface area (Å²) in [5, 5.41) is 14.5. The number of nitrogens with two attached hydrogens (primary N) is 1. The molecular weight excluding hydrogens is 437 g/mol. The highest BCUT2D eigenvalue weighted by atomic mass is 35.5. The molecule has 29 heavy (non-hydrogen) atoms. The number of rotatable bonds is 5. The zero-order chi connectivity index (χ0) is 18.6. The zero-order valence-corrected chi connectivity index (χ0v) is 18.3. The normalized spacial score (nSPS) is 15.2. The number of benzene rings is 2. The first-order chi connectivity index (χ1) is 12.5. The summed E-state index contributed by atoms with van der Waals surface area (Å²) < 4.78 is 0. The number of anilines is 1. The molecule has 3 rings (SSSR count). The molecule has 0 atom stereocenters. The Morgan fingerprint density at radius 3 is 2.28 bits per heavy atom. The average molecular weight is 465 g/mol. The van der Waals surface area contributed by atoms with Crippen LogP contribution in [0.2, 0.25) is 5.02 Å². The maximum absolute atomic E-state index is 12.2. The summed E-state index contributed by atoms with van der Waals surface area (Å²) in [6.45, 7) is 2.85. The van der Waals surface area contributed by atoms with Gasteiger partial charge in [0.25, 0.3) is 5.91 Å². The van der Waals surface area contributed by atoms with Crippen LogP contribution < -0.4 is 11.1 Å². The maximum atomic E-state index is 12.2. The van der Waals surface area contributed by atoms with E-state index in [1.807, 2.05) is 30.3 Å². The van der Waals surface area contributed by atoms with Crippen LogP contribution in [0.4, 0.5) is 5.69 Å². The van der Waals surface area contributed by atoms with Crippen molar-refractivity contribution in [1.82, 2.24) is 10.2 Å². The Morgan fingerprint density at radius 2 is 1.69 bits per heavy atom. The Balaban J connectivity index is 0.00000261. The second kappa shape index (κ2) is 12.2. The van der Waals surface area contributed by atoms with Crippen molar-refractivity contribution >= 4 is 48.0 Å². The van der Waals surface area contributed by atoms with Gasteiger partial charge in [-0.25, -0.2) is 0 Å². The number of nitrogens with one attached hydrogen (secondary N) is 1. The number of hydrogen-bond acceptors (Lipinski definition) is 4. The first-order valence-corrected chi connectivity index (χ1v) is 9.19. The lowest BCUT2D eigenvalue weighted by Crippen LogP contribution is -2.45. The van der Waals surface area contributed by atoms with Crippen molar-refractivity contribution in [1.29, 1.82) is 0 Å². The minimum atomic E-state index is -0.803. The highest BCUT2D eigenvalue weighted by Gasteiger charge is 2.33. The SMILES string of the molecule is Cl.Cl.Nc1ccccc1C(=O)NCCN1CCC(O)(c2ccc(Cl)cc2)CC1.O. The summed E-state index contributed by atoms with van der Waals surface area (Å²) in [4.78, 5) is 14.4. The van der Waals surface area contributed by atoms with Crippen LogP contribution in [-0.2, 0) is 5.60 Å². The van der Waals surface area contributed by atoms with Crippen molar-refractivity contribution in [2.24, 2.45) is 0 Å². The van der Waals surface area contributed by atoms with E-state index in [2.05, 4.69) is 10.2 Å². The standard InChI is InChI=1S/C20H24ClN3O2.2ClH.H2O/c21-16-7-5-15(6-8-16)20(26)9-12-24(13-10-20)14-11-23-19(25)17-3-1-2-4-18(17)22;;;/h1-8,26H,9-14,22H2,(H,23,25);2*1H;1H2. The summed E-state index contributed by atoms with van der Waals surface area (Å²) >= 11 is 5.92. The van der Waals surface area contributed by atoms with E-state index >= 15 is 0 Å². The molecule has 6 nitrogen and oxygen atoms in total. The van der Waals surface area contributed by atoms with Crippen LogP contribution in [0.15, 0.2) is 48.5 Å². The minimum absolute atomic E-state index is 0. The summed E-state index contributed by atoms with van der Waals surface area (Å²) in [5.74, 6) is -0.155. The van der Waals surface area contributed by atoms with Crippen LogP contribution in [0.3, 0.4) is 0 Å². The third-order valence-electron chi connectivity index (χ3n) is 4.98. The van der Waals surface area contributed by atoms with Gasteiger partial charge >= 0.3 is 0 Å². The second-order valence-corrected chi connectivity index (χ2v) is 7.16. The van der Waals surface area contributed by atoms with Crippen LogP contribution in [0, 0.1) is 0 Å². The Hall–Kier alpha value is -1.54. The molecule has 0 aromatic heterocycles. The van der Waals surface area contributed by atoms with E-state index in [9.17, 15) is 9.90 Å². The maximum Gasteiger partial charge on any atom is 0.253 e. The Bertz CT molecular complexity index is 767. The largest absolute Gasteiger partial charge is 0.412 e. The first kappa shape index (κ1) is 27.5. The fourth-order valence-corrected chi connectivity index (χ4v) is 3.45. The van der Waals surface area contributed by atoms with Gasteiger partial charge in [0.15, 0.2) is 0 Å². The molecule has 1 amide bonds. The van der Waals surface area contributed by atoms with Crippen molar-refractivity contribution in [2.45, 2.75) is 18.4 Å². The van der Waals surface area contributed by atoms with Gasteiger partial charge in [-0.1, -0.05) is 35.9 Å². The van der Waals surface area contributed by atoms with Crippen LogP contribution in [-0.4, -0.2) is 47.6 Å². The fraction of sp³-hybridized carbons (Fsp3) is 0.350. The van der Waals surface area contributed by atoms with Crippen LogP contribution in [0.5, 0.6) is 0 Å². The zero-order valence-electron chi connectivity index (χ0n) is 15.9. The average Bonchev–Trinajstić information content (AvgIpc) is 2.64. The predicted molar refractivity (Wildman–Crippen MR) is 122 cm³/mol. The van der Waals surface area contributed by atoms with E-state index in [0.29, 0.717) is 35.7 Å². The van der Waals surface area contributed by atoms with Gasteiger partial charge in [0.2, 0.25) is 0 Å². The molecule has 1 saturated heterocycles. The van der Waals surface area contributed by atoms with Gasteiger partial charge in [0.1, 0.15) is 0 Å². The number of nitrogen functional groups attached to an aromatic ring is 1. The lowest BCUT2D eigenvalue weighted by Gasteiger charge is -2.38. The molecule has 0 unspecified atom stereocenters. The molecule has 0 saturated carbocycles. The Morgan fingerprint density at radius 1 is 1.10 bits per heavy atom. The summed E-state index contributed by atoms with van der Waals surface area (Å²) in [6.07, 6.45) is 1.32. The van der Waals surface area contributed by atoms with Gasteiger partial charge in [0, 0.05) is 36.9 Å². The van der Waals surface area contributed by atoms with E-state index in [1.165, 1.54) is 0 Å². The third-order valence-corrected chi connectivity index (χ3v) is 5.24. The van der Waals surface area contributed by atoms with E-state index in [1.54, 1.807) is 18.2 Å². The number of piperidine rings is 1. The van der Waals surface area contributed by atoms with E-state index in [4.69, 9.17) is 17.3 Å². The van der Waals surface area contributed by atoms with Gasteiger partial charge in [0.05, 0.1) is 11.2 Å². The molecule has 9 heteroatoms. The lowest BCUT2D eigenvalue weighted by atomic mass is 9.84. The highest BCUT2D eigenvalue weighted by molar-refractivity contribution is 6.30. The summed E-state index contributed by atoms with van der Waals surface area (Å²) in [5.41, 5.74) is 6.92. The number of halogens is 3. The van der Waals surface area contributed by atoms with Gasteiger partial charge in [-0.05, 0) is 42.7 Å². The predicted octanol–water partition coefficient (Wildman–Crippen LogP) is 2.65. The molecule has 0 spiro atoms. The van der Waals surface area contributed by atoms with Crippen LogP contribution in [0.25, 0.3) is 0 Å². The molecule has 0 bridgehead atoms. The van der Waals surface area contributed by atoms with Crippen LogP contribution in [0.1, 0.15) is 28.8 Å². The van der Waals surface area contributed by atoms with E-state index < -0.39 is 5.60 Å². The molecule has 2 aromatic rings. The second-order valence-electron chi connectivity index (χ2n) is 6.72. The number of hydrogen-bond donors (Lipinski definition) is 3. The number of amides is 1. The summed E-state index contributed by atoms with van der Waals surface area (Å²) in [7, 11) is 0. The monoisotopic (exact) mass is 463 g/mol. The molecule has 6 N–H and O–H groups in total. The highest BCUT2D eigenvalue weighted by Crippen LogP contribution is 2.33. The number of likely N-dealkylation sites (tertiary alicyclic amines) is 1. The molecule has 1 aliphatic rings. The van der Waals surface area contributed by atoms with Crippen molar-refractivity contribution in [3.63, 3.8) is 0 Å². The van der Waals surface area contributed by atoms with Gasteiger partial charge in [-0.15, -0.1) is 24.8 Å². The van der Waals surface area contributed by atoms with Crippen molar-refractivity contribution in [2.75, 3.05) is 31.9 Å². The topological polar surface area (TPSA) is 110 Å². The van der Waals surface area contributed by atoms with E-state index in [0.717, 1.165) is 25.2 Å². The first-order valence-electron chi connectivity index (χ1n) is 8.81. The van der Waals surface area contributed by atoms with Crippen molar-refractivity contribution in [3.8, 4) is 0 Å². The molecule has 1 aliphatic heterocycles. The van der Waals surface area contributed by atoms with E-state index in [-0.39, 0.29) is 36.2 Å². The molecule has 1 fully saturated rings. The Kier molecular flexibility index (Phi) is 11.6. The molecule has 1 heterocycles. The molecular formula is C20H28Cl3N3O3. The summed E-state index contributed by atoms with van der Waals surface area (Å²) in [6, 6.07) is 14.5. The number of carbonyl (C=O) groups excluding carboxylic acids is 1. The number of aliphatic hydroxyl groups is 1. The molecule has 0 aliphatic carbocycles. The molecule has 2 aromatic carbocycles. The van der Waals surface area contributed by atoms with Crippen molar-refractivity contribution < 1.29 is 15.4 Å².